The fourth-order valence-corrected chi connectivity index (χ4v) is 3.30. The first kappa shape index (κ1) is 15.2. The van der Waals surface area contributed by atoms with Crippen LogP contribution in [0.15, 0.2) is 36.1 Å². The Labute approximate surface area is 125 Å². The van der Waals surface area contributed by atoms with Crippen molar-refractivity contribution >= 4 is 13.1 Å². The lowest BCUT2D eigenvalue weighted by Gasteiger charge is -2.08. The molecule has 1 atom stereocenters. The Morgan fingerprint density at radius 1 is 1.52 bits per heavy atom. The standard InChI is InChI=1S/C16H16O4P/c1-4-5-6-7-13(18-2)8-12-9-14(19-3)10-15-16(12)21(17)11-20-15/h1,5-7,9-10H,8,11H2,2-3H3/q+1/b6-5-,13-7+. The van der Waals surface area contributed by atoms with Crippen molar-refractivity contribution in [2.24, 2.45) is 0 Å². The normalized spacial score (nSPS) is 15.5. The van der Waals surface area contributed by atoms with Gasteiger partial charge in [-0.2, -0.15) is 0 Å². The van der Waals surface area contributed by atoms with E-state index >= 15 is 0 Å². The van der Waals surface area contributed by atoms with Gasteiger partial charge in [0.1, 0.15) is 11.5 Å². The number of hydrogen-bond acceptors (Lipinski definition) is 4. The summed E-state index contributed by atoms with van der Waals surface area (Å²) >= 11 is 0. The maximum atomic E-state index is 12.1. The highest BCUT2D eigenvalue weighted by molar-refractivity contribution is 7.54. The second-order valence-electron chi connectivity index (χ2n) is 4.32. The molecular weight excluding hydrogens is 287 g/mol. The fraction of sp³-hybridized carbons (Fsp3) is 0.250. The van der Waals surface area contributed by atoms with E-state index in [0.29, 0.717) is 23.7 Å². The molecule has 0 spiro atoms. The van der Waals surface area contributed by atoms with E-state index in [2.05, 4.69) is 5.92 Å². The molecular formula is C16H16O4P+. The number of rotatable bonds is 5. The zero-order valence-electron chi connectivity index (χ0n) is 12.0. The number of benzene rings is 1. The second kappa shape index (κ2) is 6.97. The molecule has 1 heterocycles. The Morgan fingerprint density at radius 3 is 3.00 bits per heavy atom. The smallest absolute Gasteiger partial charge is 0.422 e. The van der Waals surface area contributed by atoms with Crippen LogP contribution >= 0.6 is 7.80 Å². The summed E-state index contributed by atoms with van der Waals surface area (Å²) in [5.74, 6) is 4.42. The molecule has 1 aromatic rings. The van der Waals surface area contributed by atoms with Crippen LogP contribution < -0.4 is 14.8 Å². The maximum absolute atomic E-state index is 12.1. The van der Waals surface area contributed by atoms with Crippen LogP contribution in [0, 0.1) is 12.3 Å². The topological polar surface area (TPSA) is 44.8 Å². The van der Waals surface area contributed by atoms with Gasteiger partial charge in [-0.15, -0.1) is 6.42 Å². The number of ether oxygens (including phenoxy) is 3. The molecule has 1 aliphatic heterocycles. The van der Waals surface area contributed by atoms with Gasteiger partial charge in [-0.1, -0.05) is 16.6 Å². The van der Waals surface area contributed by atoms with Crippen LogP contribution in [0.2, 0.25) is 0 Å². The van der Waals surface area contributed by atoms with Crippen molar-refractivity contribution in [2.45, 2.75) is 6.42 Å². The highest BCUT2D eigenvalue weighted by Gasteiger charge is 2.37. The molecule has 108 valence electrons. The maximum Gasteiger partial charge on any atom is 0.422 e. The molecule has 0 saturated carbocycles. The summed E-state index contributed by atoms with van der Waals surface area (Å²) < 4.78 is 28.1. The average molecular weight is 303 g/mol. The molecule has 0 radical (unpaired) electrons. The van der Waals surface area contributed by atoms with Crippen LogP contribution in [0.1, 0.15) is 5.56 Å². The van der Waals surface area contributed by atoms with Crippen molar-refractivity contribution in [3.63, 3.8) is 0 Å². The molecule has 1 unspecified atom stereocenters. The van der Waals surface area contributed by atoms with Gasteiger partial charge in [0.25, 0.3) is 6.35 Å². The minimum Gasteiger partial charge on any atom is -0.501 e. The van der Waals surface area contributed by atoms with E-state index in [9.17, 15) is 4.57 Å². The molecule has 0 bridgehead atoms. The molecule has 0 aliphatic carbocycles. The average Bonchev–Trinajstić information content (AvgIpc) is 2.87. The van der Waals surface area contributed by atoms with Crippen molar-refractivity contribution in [1.82, 2.24) is 0 Å². The first-order valence-electron chi connectivity index (χ1n) is 6.33. The lowest BCUT2D eigenvalue weighted by atomic mass is 10.1. The van der Waals surface area contributed by atoms with E-state index in [0.717, 1.165) is 10.9 Å². The van der Waals surface area contributed by atoms with Crippen molar-refractivity contribution in [3.05, 3.63) is 41.7 Å². The van der Waals surface area contributed by atoms with Crippen LogP contribution in [0.5, 0.6) is 11.5 Å². The lowest BCUT2D eigenvalue weighted by molar-refractivity contribution is 0.283. The molecule has 0 fully saturated rings. The summed E-state index contributed by atoms with van der Waals surface area (Å²) in [4.78, 5) is 0. The van der Waals surface area contributed by atoms with Gasteiger partial charge >= 0.3 is 7.80 Å². The van der Waals surface area contributed by atoms with Crippen LogP contribution in [-0.4, -0.2) is 20.6 Å². The molecule has 21 heavy (non-hydrogen) atoms. The Balaban J connectivity index is 2.37. The van der Waals surface area contributed by atoms with E-state index in [1.54, 1.807) is 38.5 Å². The molecule has 0 amide bonds. The molecule has 1 aromatic carbocycles. The minimum atomic E-state index is -1.53. The highest BCUT2D eigenvalue weighted by atomic mass is 31.1. The zero-order chi connectivity index (χ0) is 15.2. The summed E-state index contributed by atoms with van der Waals surface area (Å²) in [6.07, 6.45) is 11.0. The highest BCUT2D eigenvalue weighted by Crippen LogP contribution is 2.38. The summed E-state index contributed by atoms with van der Waals surface area (Å²) in [6.45, 7) is 0. The predicted molar refractivity (Wildman–Crippen MR) is 82.5 cm³/mol. The predicted octanol–water partition coefficient (Wildman–Crippen LogP) is 2.76. The van der Waals surface area contributed by atoms with E-state index < -0.39 is 7.80 Å². The van der Waals surface area contributed by atoms with Crippen LogP contribution in [0.25, 0.3) is 0 Å². The first-order chi connectivity index (χ1) is 10.2. The van der Waals surface area contributed by atoms with Crippen molar-refractivity contribution in [1.29, 1.82) is 0 Å². The van der Waals surface area contributed by atoms with Crippen molar-refractivity contribution in [2.75, 3.05) is 20.6 Å². The molecule has 0 aromatic heterocycles. The number of allylic oxidation sites excluding steroid dienone is 4. The van der Waals surface area contributed by atoms with E-state index in [1.807, 2.05) is 6.07 Å². The van der Waals surface area contributed by atoms with Crippen molar-refractivity contribution < 1.29 is 18.8 Å². The van der Waals surface area contributed by atoms with Gasteiger partial charge in [0.05, 0.1) is 14.2 Å². The quantitative estimate of drug-likeness (QED) is 0.363. The molecule has 0 N–H and O–H groups in total. The SMILES string of the molecule is C#C/C=C\C=C(/Cc1cc(OC)cc2c1[P+](=O)CO2)OC. The number of hydrogen-bond donors (Lipinski definition) is 0. The van der Waals surface area contributed by atoms with Gasteiger partial charge in [0, 0.05) is 18.1 Å². The van der Waals surface area contributed by atoms with Crippen LogP contribution in [-0.2, 0) is 15.7 Å². The number of fused-ring (bicyclic) bond motifs is 1. The third kappa shape index (κ3) is 3.45. The summed E-state index contributed by atoms with van der Waals surface area (Å²) in [7, 11) is 1.64. The summed E-state index contributed by atoms with van der Waals surface area (Å²) in [6, 6.07) is 3.62. The lowest BCUT2D eigenvalue weighted by Crippen LogP contribution is -2.07. The Kier molecular flexibility index (Phi) is 5.03. The van der Waals surface area contributed by atoms with Gasteiger partial charge < -0.3 is 14.2 Å². The van der Waals surface area contributed by atoms with E-state index in [4.69, 9.17) is 20.6 Å². The third-order valence-corrected chi connectivity index (χ3v) is 4.42. The van der Waals surface area contributed by atoms with Gasteiger partial charge in [0.2, 0.25) is 5.30 Å². The summed E-state index contributed by atoms with van der Waals surface area (Å²) in [5.41, 5.74) is 0.880. The number of methoxy groups -OCH3 is 2. The minimum absolute atomic E-state index is 0.216. The van der Waals surface area contributed by atoms with Crippen LogP contribution in [0.3, 0.4) is 0 Å². The second-order valence-corrected chi connectivity index (χ2v) is 5.79. The van der Waals surface area contributed by atoms with Crippen LogP contribution in [0.4, 0.5) is 0 Å². The zero-order valence-corrected chi connectivity index (χ0v) is 12.9. The molecule has 4 nitrogen and oxygen atoms in total. The Bertz CT molecular complexity index is 653. The van der Waals surface area contributed by atoms with E-state index in [1.165, 1.54) is 0 Å². The van der Waals surface area contributed by atoms with Gasteiger partial charge in [-0.3, -0.25) is 0 Å². The number of terminal acetylenes is 1. The molecule has 2 rings (SSSR count). The first-order valence-corrected chi connectivity index (χ1v) is 7.78. The van der Waals surface area contributed by atoms with Crippen molar-refractivity contribution in [3.8, 4) is 23.8 Å². The molecule has 1 aliphatic rings. The fourth-order valence-electron chi connectivity index (χ4n) is 2.07. The van der Waals surface area contributed by atoms with E-state index in [-0.39, 0.29) is 6.35 Å². The summed E-state index contributed by atoms with van der Waals surface area (Å²) in [5, 5.41) is 0.745. The third-order valence-electron chi connectivity index (χ3n) is 3.05. The van der Waals surface area contributed by atoms with Gasteiger partial charge in [-0.05, 0) is 18.2 Å². The Morgan fingerprint density at radius 2 is 2.33 bits per heavy atom. The molecule has 0 saturated heterocycles. The van der Waals surface area contributed by atoms with Gasteiger partial charge in [-0.25, -0.2) is 0 Å². The molecule has 5 heteroatoms. The van der Waals surface area contributed by atoms with Gasteiger partial charge in [0.15, 0.2) is 5.75 Å². The largest absolute Gasteiger partial charge is 0.501 e. The monoisotopic (exact) mass is 303 g/mol. The Hall–Kier alpha value is -2.24.